The van der Waals surface area contributed by atoms with Crippen LogP contribution in [-0.2, 0) is 6.54 Å². The molecule has 2 aromatic rings. The van der Waals surface area contributed by atoms with Gasteiger partial charge in [0.05, 0.1) is 16.7 Å². The molecule has 94 valence electrons. The first-order valence-corrected chi connectivity index (χ1v) is 6.35. The van der Waals surface area contributed by atoms with E-state index in [1.165, 1.54) is 0 Å². The van der Waals surface area contributed by atoms with E-state index in [0.29, 0.717) is 12.5 Å². The van der Waals surface area contributed by atoms with Crippen LogP contribution in [0.15, 0.2) is 29.0 Å². The highest BCUT2D eigenvalue weighted by Gasteiger charge is 2.04. The molecule has 0 aliphatic rings. The number of hydrogen-bond donors (Lipinski definition) is 2. The molecule has 0 aliphatic carbocycles. The number of rotatable bonds is 5. The molecule has 0 amide bonds. The van der Waals surface area contributed by atoms with Crippen molar-refractivity contribution in [1.29, 1.82) is 0 Å². The summed E-state index contributed by atoms with van der Waals surface area (Å²) in [4.78, 5) is 8.50. The summed E-state index contributed by atoms with van der Waals surface area (Å²) in [6, 6.07) is 3.75. The SMILES string of the molecule is CCNc1ncc(Br)c(NCc2cccnn2)n1. The van der Waals surface area contributed by atoms with Crippen LogP contribution in [0.25, 0.3) is 0 Å². The molecule has 0 saturated heterocycles. The third kappa shape index (κ3) is 3.36. The van der Waals surface area contributed by atoms with Crippen LogP contribution in [0.1, 0.15) is 12.6 Å². The third-order valence-corrected chi connectivity index (χ3v) is 2.72. The van der Waals surface area contributed by atoms with Crippen molar-refractivity contribution < 1.29 is 0 Å². The van der Waals surface area contributed by atoms with Crippen molar-refractivity contribution in [3.05, 3.63) is 34.7 Å². The van der Waals surface area contributed by atoms with Gasteiger partial charge in [0.2, 0.25) is 5.95 Å². The van der Waals surface area contributed by atoms with Crippen LogP contribution in [0.2, 0.25) is 0 Å². The van der Waals surface area contributed by atoms with Crippen LogP contribution >= 0.6 is 15.9 Å². The van der Waals surface area contributed by atoms with Gasteiger partial charge in [0, 0.05) is 18.9 Å². The quantitative estimate of drug-likeness (QED) is 0.880. The molecule has 0 atom stereocenters. The first-order valence-electron chi connectivity index (χ1n) is 5.56. The Bertz CT molecular complexity index is 504. The summed E-state index contributed by atoms with van der Waals surface area (Å²) in [7, 11) is 0. The Balaban J connectivity index is 2.06. The summed E-state index contributed by atoms with van der Waals surface area (Å²) in [6.07, 6.45) is 3.36. The summed E-state index contributed by atoms with van der Waals surface area (Å²) in [5, 5.41) is 14.1. The molecule has 0 fully saturated rings. The van der Waals surface area contributed by atoms with Crippen molar-refractivity contribution in [3.8, 4) is 0 Å². The summed E-state index contributed by atoms with van der Waals surface area (Å²) in [5.74, 6) is 1.33. The molecule has 0 saturated carbocycles. The summed E-state index contributed by atoms with van der Waals surface area (Å²) in [6.45, 7) is 3.35. The van der Waals surface area contributed by atoms with Crippen molar-refractivity contribution in [2.75, 3.05) is 17.2 Å². The van der Waals surface area contributed by atoms with Crippen molar-refractivity contribution in [1.82, 2.24) is 20.2 Å². The molecule has 2 N–H and O–H groups in total. The van der Waals surface area contributed by atoms with Crippen molar-refractivity contribution in [2.24, 2.45) is 0 Å². The fraction of sp³-hybridized carbons (Fsp3) is 0.273. The van der Waals surface area contributed by atoms with E-state index < -0.39 is 0 Å². The monoisotopic (exact) mass is 308 g/mol. The maximum absolute atomic E-state index is 4.35. The predicted octanol–water partition coefficient (Wildman–Crippen LogP) is 2.07. The minimum atomic E-state index is 0.565. The van der Waals surface area contributed by atoms with Gasteiger partial charge in [-0.3, -0.25) is 0 Å². The lowest BCUT2D eigenvalue weighted by Crippen LogP contribution is -2.08. The summed E-state index contributed by atoms with van der Waals surface area (Å²) < 4.78 is 0.813. The van der Waals surface area contributed by atoms with Crippen LogP contribution in [0, 0.1) is 0 Å². The number of hydrogen-bond acceptors (Lipinski definition) is 6. The highest BCUT2D eigenvalue weighted by atomic mass is 79.9. The van der Waals surface area contributed by atoms with E-state index in [9.17, 15) is 0 Å². The lowest BCUT2D eigenvalue weighted by atomic mass is 10.4. The van der Waals surface area contributed by atoms with Gasteiger partial charge in [-0.1, -0.05) is 0 Å². The second-order valence-corrected chi connectivity index (χ2v) is 4.34. The standard InChI is InChI=1S/C11H13BrN6/c1-2-13-11-15-7-9(12)10(17-11)14-6-8-4-3-5-16-18-8/h3-5,7H,2,6H2,1H3,(H2,13,14,15,17). The normalized spacial score (nSPS) is 10.1. The number of aromatic nitrogens is 4. The first-order chi connectivity index (χ1) is 8.79. The van der Waals surface area contributed by atoms with Crippen molar-refractivity contribution >= 4 is 27.7 Å². The Morgan fingerprint density at radius 1 is 1.33 bits per heavy atom. The van der Waals surface area contributed by atoms with Crippen LogP contribution in [0.5, 0.6) is 0 Å². The zero-order chi connectivity index (χ0) is 12.8. The van der Waals surface area contributed by atoms with Crippen molar-refractivity contribution in [3.63, 3.8) is 0 Å². The van der Waals surface area contributed by atoms with Gasteiger partial charge >= 0.3 is 0 Å². The molecule has 0 radical (unpaired) electrons. The first kappa shape index (κ1) is 12.7. The zero-order valence-corrected chi connectivity index (χ0v) is 11.5. The molecule has 7 heteroatoms. The molecular weight excluding hydrogens is 296 g/mol. The van der Waals surface area contributed by atoms with E-state index in [4.69, 9.17) is 0 Å². The van der Waals surface area contributed by atoms with Crippen LogP contribution in [0.3, 0.4) is 0 Å². The minimum absolute atomic E-state index is 0.565. The minimum Gasteiger partial charge on any atom is -0.363 e. The molecule has 2 aromatic heterocycles. The van der Waals surface area contributed by atoms with Gasteiger partial charge in [-0.15, -0.1) is 0 Å². The maximum Gasteiger partial charge on any atom is 0.224 e. The molecule has 2 rings (SSSR count). The van der Waals surface area contributed by atoms with E-state index in [1.54, 1.807) is 12.4 Å². The van der Waals surface area contributed by atoms with Gasteiger partial charge in [-0.25, -0.2) is 4.98 Å². The lowest BCUT2D eigenvalue weighted by Gasteiger charge is -2.08. The number of nitrogens with one attached hydrogen (secondary N) is 2. The average molecular weight is 309 g/mol. The van der Waals surface area contributed by atoms with Gasteiger partial charge in [-0.05, 0) is 35.0 Å². The summed E-state index contributed by atoms with van der Waals surface area (Å²) in [5.41, 5.74) is 0.855. The Morgan fingerprint density at radius 2 is 2.22 bits per heavy atom. The number of anilines is 2. The van der Waals surface area contributed by atoms with Crippen molar-refractivity contribution in [2.45, 2.75) is 13.5 Å². The smallest absolute Gasteiger partial charge is 0.224 e. The Labute approximate surface area is 113 Å². The molecule has 0 bridgehead atoms. The van der Waals surface area contributed by atoms with Gasteiger partial charge in [0.15, 0.2) is 0 Å². The van der Waals surface area contributed by atoms with Gasteiger partial charge in [0.25, 0.3) is 0 Å². The topological polar surface area (TPSA) is 75.6 Å². The largest absolute Gasteiger partial charge is 0.363 e. The number of halogens is 1. The van der Waals surface area contributed by atoms with Gasteiger partial charge in [0.1, 0.15) is 5.82 Å². The lowest BCUT2D eigenvalue weighted by molar-refractivity contribution is 0.917. The highest BCUT2D eigenvalue weighted by Crippen LogP contribution is 2.20. The van der Waals surface area contributed by atoms with E-state index in [2.05, 4.69) is 46.7 Å². The molecule has 0 aliphatic heterocycles. The Kier molecular flexibility index (Phi) is 4.40. The zero-order valence-electron chi connectivity index (χ0n) is 9.89. The van der Waals surface area contributed by atoms with Gasteiger partial charge < -0.3 is 10.6 Å². The maximum atomic E-state index is 4.35. The van der Waals surface area contributed by atoms with Crippen LogP contribution in [-0.4, -0.2) is 26.7 Å². The van der Waals surface area contributed by atoms with Gasteiger partial charge in [-0.2, -0.15) is 15.2 Å². The second-order valence-electron chi connectivity index (χ2n) is 3.49. The number of nitrogens with zero attached hydrogens (tertiary/aromatic N) is 4. The Morgan fingerprint density at radius 3 is 2.94 bits per heavy atom. The van der Waals surface area contributed by atoms with E-state index in [1.807, 2.05) is 19.1 Å². The third-order valence-electron chi connectivity index (χ3n) is 2.14. The summed E-state index contributed by atoms with van der Waals surface area (Å²) >= 11 is 3.40. The molecule has 2 heterocycles. The fourth-order valence-corrected chi connectivity index (χ4v) is 1.67. The molecule has 18 heavy (non-hydrogen) atoms. The predicted molar refractivity (Wildman–Crippen MR) is 73.3 cm³/mol. The van der Waals surface area contributed by atoms with E-state index >= 15 is 0 Å². The molecule has 6 nitrogen and oxygen atoms in total. The fourth-order valence-electron chi connectivity index (χ4n) is 1.34. The molecule has 0 aromatic carbocycles. The average Bonchev–Trinajstić information content (AvgIpc) is 2.41. The second kappa shape index (κ2) is 6.25. The highest BCUT2D eigenvalue weighted by molar-refractivity contribution is 9.10. The van der Waals surface area contributed by atoms with E-state index in [-0.39, 0.29) is 0 Å². The van der Waals surface area contributed by atoms with Crippen LogP contribution in [0.4, 0.5) is 11.8 Å². The Hall–Kier alpha value is -1.76. The van der Waals surface area contributed by atoms with Crippen LogP contribution < -0.4 is 10.6 Å². The molecule has 0 unspecified atom stereocenters. The molecular formula is C11H13BrN6. The molecule has 0 spiro atoms. The van der Waals surface area contributed by atoms with E-state index in [0.717, 1.165) is 22.5 Å².